The van der Waals surface area contributed by atoms with Gasteiger partial charge in [-0.25, -0.2) is 0 Å². The molecule has 1 aromatic rings. The minimum atomic E-state index is 0.208. The fraction of sp³-hybridized carbons (Fsp3) is 0.333. The van der Waals surface area contributed by atoms with E-state index in [0.717, 1.165) is 17.5 Å². The second kappa shape index (κ2) is 4.70. The summed E-state index contributed by atoms with van der Waals surface area (Å²) in [4.78, 5) is 0. The smallest absolute Gasteiger partial charge is 0.163 e. The van der Waals surface area contributed by atoms with Crippen molar-refractivity contribution in [2.45, 2.75) is 20.3 Å². The van der Waals surface area contributed by atoms with E-state index in [2.05, 4.69) is 0 Å². The Kier molecular flexibility index (Phi) is 3.57. The minimum absolute atomic E-state index is 0.208. The molecule has 0 spiro atoms. The lowest BCUT2D eigenvalue weighted by atomic mass is 10.1. The van der Waals surface area contributed by atoms with Crippen LogP contribution in [0.4, 0.5) is 0 Å². The summed E-state index contributed by atoms with van der Waals surface area (Å²) in [5.41, 5.74) is 2.03. The highest BCUT2D eigenvalue weighted by Crippen LogP contribution is 2.32. The van der Waals surface area contributed by atoms with Crippen LogP contribution in [0.3, 0.4) is 0 Å². The molecule has 0 fully saturated rings. The summed E-state index contributed by atoms with van der Waals surface area (Å²) in [6.45, 7) is 3.99. The fourth-order valence-electron chi connectivity index (χ4n) is 1.48. The van der Waals surface area contributed by atoms with Crippen molar-refractivity contribution >= 4 is 6.08 Å². The molecule has 0 atom stereocenters. The van der Waals surface area contributed by atoms with Crippen LogP contribution >= 0.6 is 0 Å². The van der Waals surface area contributed by atoms with Gasteiger partial charge in [0.2, 0.25) is 0 Å². The van der Waals surface area contributed by atoms with Gasteiger partial charge in [0, 0.05) is 0 Å². The molecule has 0 saturated carbocycles. The van der Waals surface area contributed by atoms with Crippen molar-refractivity contribution in [3.8, 4) is 11.5 Å². The first-order valence-corrected chi connectivity index (χ1v) is 4.75. The second-order valence-electron chi connectivity index (χ2n) is 3.09. The highest BCUT2D eigenvalue weighted by molar-refractivity contribution is 5.58. The number of aryl methyl sites for hydroxylation is 1. The van der Waals surface area contributed by atoms with Crippen LogP contribution in [0.15, 0.2) is 18.2 Å². The van der Waals surface area contributed by atoms with Crippen LogP contribution < -0.4 is 4.74 Å². The number of hydrogen-bond donors (Lipinski definition) is 1. The Bertz CT molecular complexity index is 340. The van der Waals surface area contributed by atoms with E-state index in [0.29, 0.717) is 5.75 Å². The van der Waals surface area contributed by atoms with Gasteiger partial charge in [-0.05, 0) is 36.6 Å². The lowest BCUT2D eigenvalue weighted by molar-refractivity contribution is 0.369. The van der Waals surface area contributed by atoms with Crippen molar-refractivity contribution in [1.82, 2.24) is 0 Å². The normalized spacial score (nSPS) is 10.8. The van der Waals surface area contributed by atoms with Crippen LogP contribution in [-0.2, 0) is 6.42 Å². The predicted octanol–water partition coefficient (Wildman–Crippen LogP) is 3.00. The Morgan fingerprint density at radius 3 is 2.64 bits per heavy atom. The maximum atomic E-state index is 9.67. The first kappa shape index (κ1) is 10.6. The number of allylic oxidation sites excluding steroid dienone is 1. The van der Waals surface area contributed by atoms with Gasteiger partial charge in [0.1, 0.15) is 0 Å². The van der Waals surface area contributed by atoms with Crippen molar-refractivity contribution < 1.29 is 9.84 Å². The molecular weight excluding hydrogens is 176 g/mol. The average Bonchev–Trinajstić information content (AvgIpc) is 2.17. The topological polar surface area (TPSA) is 29.5 Å². The summed E-state index contributed by atoms with van der Waals surface area (Å²) in [6, 6.07) is 3.73. The SMILES string of the molecule is CC=Cc1cc(O)c(OC)c(CC)c1. The van der Waals surface area contributed by atoms with Gasteiger partial charge in [-0.3, -0.25) is 0 Å². The third-order valence-electron chi connectivity index (χ3n) is 2.11. The zero-order valence-electron chi connectivity index (χ0n) is 8.87. The van der Waals surface area contributed by atoms with Crippen molar-refractivity contribution in [2.75, 3.05) is 7.11 Å². The van der Waals surface area contributed by atoms with Crippen molar-refractivity contribution in [3.63, 3.8) is 0 Å². The van der Waals surface area contributed by atoms with Crippen LogP contribution in [0, 0.1) is 0 Å². The molecule has 1 aromatic carbocycles. The van der Waals surface area contributed by atoms with Gasteiger partial charge in [0.05, 0.1) is 7.11 Å². The van der Waals surface area contributed by atoms with Gasteiger partial charge in [-0.2, -0.15) is 0 Å². The zero-order valence-corrected chi connectivity index (χ0v) is 8.87. The number of aromatic hydroxyl groups is 1. The molecule has 76 valence electrons. The molecular formula is C12H16O2. The predicted molar refractivity (Wildman–Crippen MR) is 58.7 cm³/mol. The minimum Gasteiger partial charge on any atom is -0.504 e. The van der Waals surface area contributed by atoms with Crippen LogP contribution in [0.2, 0.25) is 0 Å². The molecule has 0 aliphatic carbocycles. The van der Waals surface area contributed by atoms with E-state index in [1.165, 1.54) is 0 Å². The van der Waals surface area contributed by atoms with E-state index in [-0.39, 0.29) is 5.75 Å². The molecule has 0 aromatic heterocycles. The maximum absolute atomic E-state index is 9.67. The molecule has 0 heterocycles. The molecule has 0 unspecified atom stereocenters. The summed E-state index contributed by atoms with van der Waals surface area (Å²) in [7, 11) is 1.57. The van der Waals surface area contributed by atoms with E-state index >= 15 is 0 Å². The number of methoxy groups -OCH3 is 1. The van der Waals surface area contributed by atoms with Crippen LogP contribution in [0.1, 0.15) is 25.0 Å². The Morgan fingerprint density at radius 2 is 2.14 bits per heavy atom. The molecule has 0 amide bonds. The third kappa shape index (κ3) is 2.08. The maximum Gasteiger partial charge on any atom is 0.163 e. The van der Waals surface area contributed by atoms with Crippen molar-refractivity contribution in [2.24, 2.45) is 0 Å². The van der Waals surface area contributed by atoms with Crippen molar-refractivity contribution in [3.05, 3.63) is 29.3 Å². The monoisotopic (exact) mass is 192 g/mol. The molecule has 0 aliphatic heterocycles. The number of hydrogen-bond acceptors (Lipinski definition) is 2. The second-order valence-corrected chi connectivity index (χ2v) is 3.09. The molecule has 1 rings (SSSR count). The van der Waals surface area contributed by atoms with E-state index < -0.39 is 0 Å². The average molecular weight is 192 g/mol. The largest absolute Gasteiger partial charge is 0.504 e. The number of benzene rings is 1. The zero-order chi connectivity index (χ0) is 10.6. The van der Waals surface area contributed by atoms with Gasteiger partial charge in [0.25, 0.3) is 0 Å². The van der Waals surface area contributed by atoms with Gasteiger partial charge in [-0.1, -0.05) is 19.1 Å². The summed E-state index contributed by atoms with van der Waals surface area (Å²) in [5, 5.41) is 9.67. The molecule has 1 N–H and O–H groups in total. The van der Waals surface area contributed by atoms with Gasteiger partial charge in [0.15, 0.2) is 11.5 Å². The van der Waals surface area contributed by atoms with E-state index in [1.807, 2.05) is 32.1 Å². The van der Waals surface area contributed by atoms with Gasteiger partial charge >= 0.3 is 0 Å². The van der Waals surface area contributed by atoms with Gasteiger partial charge < -0.3 is 9.84 Å². The quantitative estimate of drug-likeness (QED) is 0.797. The Morgan fingerprint density at radius 1 is 1.43 bits per heavy atom. The van der Waals surface area contributed by atoms with Crippen molar-refractivity contribution in [1.29, 1.82) is 0 Å². The Labute approximate surface area is 84.8 Å². The third-order valence-corrected chi connectivity index (χ3v) is 2.11. The lowest BCUT2D eigenvalue weighted by Gasteiger charge is -2.09. The first-order chi connectivity index (χ1) is 6.72. The van der Waals surface area contributed by atoms with Gasteiger partial charge in [-0.15, -0.1) is 0 Å². The number of phenolic OH excluding ortho intramolecular Hbond substituents is 1. The molecule has 2 heteroatoms. The lowest BCUT2D eigenvalue weighted by Crippen LogP contribution is -1.92. The molecule has 0 bridgehead atoms. The highest BCUT2D eigenvalue weighted by atomic mass is 16.5. The number of rotatable bonds is 3. The number of ether oxygens (including phenoxy) is 1. The van der Waals surface area contributed by atoms with Crippen LogP contribution in [0.25, 0.3) is 6.08 Å². The summed E-state index contributed by atoms with van der Waals surface area (Å²) < 4.78 is 5.13. The van der Waals surface area contributed by atoms with E-state index in [9.17, 15) is 5.11 Å². The fourth-order valence-corrected chi connectivity index (χ4v) is 1.48. The van der Waals surface area contributed by atoms with Crippen LogP contribution in [0.5, 0.6) is 11.5 Å². The summed E-state index contributed by atoms with van der Waals surface area (Å²) >= 11 is 0. The Balaban J connectivity index is 3.23. The first-order valence-electron chi connectivity index (χ1n) is 4.75. The molecule has 0 saturated heterocycles. The molecule has 14 heavy (non-hydrogen) atoms. The molecule has 2 nitrogen and oxygen atoms in total. The summed E-state index contributed by atoms with van der Waals surface area (Å²) in [5.74, 6) is 0.792. The molecule has 0 aliphatic rings. The highest BCUT2D eigenvalue weighted by Gasteiger charge is 2.07. The number of phenols is 1. The standard InChI is InChI=1S/C12H16O2/c1-4-6-9-7-10(5-2)12(14-3)11(13)8-9/h4,6-8,13H,5H2,1-3H3. The summed E-state index contributed by atoms with van der Waals surface area (Å²) in [6.07, 6.45) is 4.75. The molecule has 0 radical (unpaired) electrons. The van der Waals surface area contributed by atoms with E-state index in [4.69, 9.17) is 4.74 Å². The Hall–Kier alpha value is -1.44. The van der Waals surface area contributed by atoms with Crippen LogP contribution in [-0.4, -0.2) is 12.2 Å². The van der Waals surface area contributed by atoms with E-state index in [1.54, 1.807) is 13.2 Å².